The Bertz CT molecular complexity index is 315. The topological polar surface area (TPSA) is 58.6 Å². The first-order chi connectivity index (χ1) is 8.47. The van der Waals surface area contributed by atoms with Crippen molar-refractivity contribution in [3.05, 3.63) is 0 Å². The van der Waals surface area contributed by atoms with Crippen LogP contribution < -0.4 is 5.32 Å². The minimum Gasteiger partial charge on any atom is -0.380 e. The number of nitrogens with zero attached hydrogens (tertiary/aromatic N) is 1. The van der Waals surface area contributed by atoms with E-state index in [9.17, 15) is 8.42 Å². The fraction of sp³-hybridized carbons (Fsp3) is 1.00. The van der Waals surface area contributed by atoms with Crippen LogP contribution in [0.5, 0.6) is 0 Å². The lowest BCUT2D eigenvalue weighted by Crippen LogP contribution is -2.33. The molecule has 0 radical (unpaired) electrons. The van der Waals surface area contributed by atoms with Crippen LogP contribution in [0, 0.1) is 5.92 Å². The Labute approximate surface area is 111 Å². The van der Waals surface area contributed by atoms with Gasteiger partial charge in [0.1, 0.15) is 9.84 Å². The first-order valence-corrected chi connectivity index (χ1v) is 8.68. The van der Waals surface area contributed by atoms with E-state index in [1.165, 1.54) is 19.1 Å². The highest BCUT2D eigenvalue weighted by molar-refractivity contribution is 7.90. The average Bonchev–Trinajstić information content (AvgIpc) is 3.06. The first-order valence-electron chi connectivity index (χ1n) is 6.62. The molecule has 0 aliphatic heterocycles. The van der Waals surface area contributed by atoms with E-state index in [0.717, 1.165) is 38.8 Å². The number of hydrogen-bond acceptors (Lipinski definition) is 5. The van der Waals surface area contributed by atoms with Crippen molar-refractivity contribution in [2.75, 3.05) is 58.4 Å². The van der Waals surface area contributed by atoms with E-state index in [-0.39, 0.29) is 5.75 Å². The number of hydrogen-bond donors (Lipinski definition) is 1. The van der Waals surface area contributed by atoms with Crippen LogP contribution in [0.15, 0.2) is 0 Å². The molecule has 1 saturated carbocycles. The predicted octanol–water partition coefficient (Wildman–Crippen LogP) is -0.0210. The van der Waals surface area contributed by atoms with E-state index in [1.807, 2.05) is 0 Å². The SMILES string of the molecule is CN(CCNCCS(C)(=O)=O)CCOCC1CC1. The van der Waals surface area contributed by atoms with Crippen LogP contribution in [-0.2, 0) is 14.6 Å². The summed E-state index contributed by atoms with van der Waals surface area (Å²) in [6.07, 6.45) is 3.93. The molecule has 0 unspecified atom stereocenters. The molecule has 5 nitrogen and oxygen atoms in total. The van der Waals surface area contributed by atoms with Gasteiger partial charge in [0, 0.05) is 39.0 Å². The lowest BCUT2D eigenvalue weighted by atomic mass is 10.4. The molecule has 0 atom stereocenters. The van der Waals surface area contributed by atoms with Crippen molar-refractivity contribution in [1.82, 2.24) is 10.2 Å². The largest absolute Gasteiger partial charge is 0.380 e. The van der Waals surface area contributed by atoms with Gasteiger partial charge in [-0.1, -0.05) is 0 Å². The van der Waals surface area contributed by atoms with Crippen LogP contribution in [0.2, 0.25) is 0 Å². The molecule has 1 rings (SSSR count). The lowest BCUT2D eigenvalue weighted by Gasteiger charge is -2.16. The van der Waals surface area contributed by atoms with Crippen LogP contribution in [-0.4, -0.2) is 71.8 Å². The number of rotatable bonds is 11. The maximum atomic E-state index is 10.9. The van der Waals surface area contributed by atoms with Gasteiger partial charge in [0.05, 0.1) is 12.4 Å². The molecule has 0 aromatic heterocycles. The quantitative estimate of drug-likeness (QED) is 0.538. The van der Waals surface area contributed by atoms with Crippen molar-refractivity contribution in [3.8, 4) is 0 Å². The summed E-state index contributed by atoms with van der Waals surface area (Å²) < 4.78 is 27.4. The van der Waals surface area contributed by atoms with E-state index in [4.69, 9.17) is 4.74 Å². The molecular weight excluding hydrogens is 252 g/mol. The molecule has 1 N–H and O–H groups in total. The molecule has 0 bridgehead atoms. The number of sulfone groups is 1. The van der Waals surface area contributed by atoms with Gasteiger partial charge in [0.25, 0.3) is 0 Å². The molecule has 1 aliphatic carbocycles. The van der Waals surface area contributed by atoms with Crippen molar-refractivity contribution >= 4 is 9.84 Å². The van der Waals surface area contributed by atoms with E-state index in [1.54, 1.807) is 0 Å². The fourth-order valence-corrected chi connectivity index (χ4v) is 2.03. The number of likely N-dealkylation sites (N-methyl/N-ethyl adjacent to an activating group) is 1. The Kier molecular flexibility index (Phi) is 7.14. The monoisotopic (exact) mass is 278 g/mol. The second-order valence-electron chi connectivity index (χ2n) is 5.20. The minimum atomic E-state index is -2.84. The Morgan fingerprint density at radius 2 is 2.00 bits per heavy atom. The van der Waals surface area contributed by atoms with E-state index in [2.05, 4.69) is 17.3 Å². The molecule has 6 heteroatoms. The maximum absolute atomic E-state index is 10.9. The van der Waals surface area contributed by atoms with E-state index in [0.29, 0.717) is 6.54 Å². The molecule has 108 valence electrons. The normalized spacial score (nSPS) is 16.4. The Morgan fingerprint density at radius 1 is 1.28 bits per heavy atom. The highest BCUT2D eigenvalue weighted by Crippen LogP contribution is 2.28. The Hall–Kier alpha value is -0.170. The highest BCUT2D eigenvalue weighted by Gasteiger charge is 2.20. The predicted molar refractivity (Wildman–Crippen MR) is 73.6 cm³/mol. The molecule has 0 aromatic carbocycles. The zero-order valence-electron chi connectivity index (χ0n) is 11.5. The van der Waals surface area contributed by atoms with Crippen LogP contribution in [0.1, 0.15) is 12.8 Å². The molecule has 1 fully saturated rings. The van der Waals surface area contributed by atoms with Gasteiger partial charge in [-0.2, -0.15) is 0 Å². The molecule has 0 aromatic rings. The molecule has 18 heavy (non-hydrogen) atoms. The Balaban J connectivity index is 1.84. The fourth-order valence-electron chi connectivity index (χ4n) is 1.52. The van der Waals surface area contributed by atoms with Gasteiger partial charge in [0.2, 0.25) is 0 Å². The van der Waals surface area contributed by atoms with Crippen molar-refractivity contribution in [2.24, 2.45) is 5.92 Å². The van der Waals surface area contributed by atoms with Crippen molar-refractivity contribution in [1.29, 1.82) is 0 Å². The minimum absolute atomic E-state index is 0.210. The van der Waals surface area contributed by atoms with Crippen LogP contribution >= 0.6 is 0 Å². The number of ether oxygens (including phenoxy) is 1. The zero-order chi connectivity index (χ0) is 13.4. The van der Waals surface area contributed by atoms with Crippen molar-refractivity contribution in [2.45, 2.75) is 12.8 Å². The average molecular weight is 278 g/mol. The third kappa shape index (κ3) is 9.82. The van der Waals surface area contributed by atoms with Gasteiger partial charge in [-0.3, -0.25) is 0 Å². The van der Waals surface area contributed by atoms with Crippen molar-refractivity contribution in [3.63, 3.8) is 0 Å². The maximum Gasteiger partial charge on any atom is 0.148 e. The smallest absolute Gasteiger partial charge is 0.148 e. The third-order valence-corrected chi connectivity index (χ3v) is 3.93. The summed E-state index contributed by atoms with van der Waals surface area (Å²) in [6, 6.07) is 0. The van der Waals surface area contributed by atoms with Gasteiger partial charge in [-0.15, -0.1) is 0 Å². The molecule has 0 saturated heterocycles. The third-order valence-electron chi connectivity index (χ3n) is 2.99. The molecule has 0 spiro atoms. The highest BCUT2D eigenvalue weighted by atomic mass is 32.2. The zero-order valence-corrected chi connectivity index (χ0v) is 12.3. The first kappa shape index (κ1) is 15.9. The summed E-state index contributed by atoms with van der Waals surface area (Å²) in [4.78, 5) is 2.19. The van der Waals surface area contributed by atoms with Gasteiger partial charge in [0.15, 0.2) is 0 Å². The van der Waals surface area contributed by atoms with Crippen molar-refractivity contribution < 1.29 is 13.2 Å². The molecular formula is C12H26N2O3S. The Morgan fingerprint density at radius 3 is 2.61 bits per heavy atom. The van der Waals surface area contributed by atoms with Gasteiger partial charge in [-0.05, 0) is 25.8 Å². The molecule has 1 aliphatic rings. The second-order valence-corrected chi connectivity index (χ2v) is 7.46. The van der Waals surface area contributed by atoms with Gasteiger partial charge < -0.3 is 15.0 Å². The summed E-state index contributed by atoms with van der Waals surface area (Å²) in [6.45, 7) is 4.90. The second kappa shape index (κ2) is 8.09. The van der Waals surface area contributed by atoms with E-state index < -0.39 is 9.84 Å². The summed E-state index contributed by atoms with van der Waals surface area (Å²) in [5.74, 6) is 1.04. The summed E-state index contributed by atoms with van der Waals surface area (Å²) in [7, 11) is -0.786. The molecule has 0 heterocycles. The molecule has 0 amide bonds. The standard InChI is InChI=1S/C12H26N2O3S/c1-14(8-9-17-11-12-3-4-12)7-5-13-6-10-18(2,15)16/h12-13H,3-11H2,1-2H3. The van der Waals surface area contributed by atoms with Gasteiger partial charge in [-0.25, -0.2) is 8.42 Å². The van der Waals surface area contributed by atoms with E-state index >= 15 is 0 Å². The van der Waals surface area contributed by atoms with Crippen LogP contribution in [0.4, 0.5) is 0 Å². The van der Waals surface area contributed by atoms with Crippen LogP contribution in [0.3, 0.4) is 0 Å². The summed E-state index contributed by atoms with van der Waals surface area (Å²) >= 11 is 0. The lowest BCUT2D eigenvalue weighted by molar-refractivity contribution is 0.104. The summed E-state index contributed by atoms with van der Waals surface area (Å²) in [5.41, 5.74) is 0. The van der Waals surface area contributed by atoms with Crippen LogP contribution in [0.25, 0.3) is 0 Å². The van der Waals surface area contributed by atoms with Gasteiger partial charge >= 0.3 is 0 Å². The summed E-state index contributed by atoms with van der Waals surface area (Å²) in [5, 5.41) is 3.13. The number of nitrogens with one attached hydrogen (secondary N) is 1.